The van der Waals surface area contributed by atoms with E-state index in [9.17, 15) is 18.4 Å². The predicted molar refractivity (Wildman–Crippen MR) is 94.3 cm³/mol. The molecule has 1 unspecified atom stereocenters. The van der Waals surface area contributed by atoms with Crippen molar-refractivity contribution in [3.63, 3.8) is 0 Å². The van der Waals surface area contributed by atoms with Gasteiger partial charge < -0.3 is 15.4 Å². The summed E-state index contributed by atoms with van der Waals surface area (Å²) in [6.07, 6.45) is -0.0930. The van der Waals surface area contributed by atoms with Crippen molar-refractivity contribution in [1.29, 1.82) is 0 Å². The van der Waals surface area contributed by atoms with Crippen LogP contribution in [0.5, 0.6) is 5.75 Å². The third kappa shape index (κ3) is 6.00. The van der Waals surface area contributed by atoms with Gasteiger partial charge in [-0.2, -0.15) is 8.78 Å². The van der Waals surface area contributed by atoms with E-state index in [0.29, 0.717) is 10.6 Å². The van der Waals surface area contributed by atoms with E-state index in [4.69, 9.17) is 11.6 Å². The Morgan fingerprint density at radius 2 is 1.77 bits per heavy atom. The number of carbonyl (C=O) groups excluding carboxylic acids is 2. The van der Waals surface area contributed by atoms with Crippen molar-refractivity contribution < 1.29 is 23.1 Å². The second-order valence-electron chi connectivity index (χ2n) is 5.43. The van der Waals surface area contributed by atoms with Gasteiger partial charge in [-0.1, -0.05) is 35.9 Å². The number of anilines is 1. The summed E-state index contributed by atoms with van der Waals surface area (Å²) >= 11 is 5.85. The molecule has 0 fully saturated rings. The van der Waals surface area contributed by atoms with Gasteiger partial charge in [0.05, 0.1) is 18.2 Å². The van der Waals surface area contributed by atoms with Gasteiger partial charge in [-0.05, 0) is 29.8 Å². The molecule has 0 heterocycles. The van der Waals surface area contributed by atoms with Gasteiger partial charge in [0.25, 0.3) is 0 Å². The molecule has 0 radical (unpaired) electrons. The zero-order chi connectivity index (χ0) is 19.1. The number of para-hydroxylation sites is 2. The third-order valence-corrected chi connectivity index (χ3v) is 3.67. The van der Waals surface area contributed by atoms with Crippen LogP contribution < -0.4 is 15.4 Å². The number of nitrogens with one attached hydrogen (secondary N) is 2. The molecule has 2 aromatic carbocycles. The minimum Gasteiger partial charge on any atom is -0.433 e. The van der Waals surface area contributed by atoms with Crippen LogP contribution in [-0.2, 0) is 9.59 Å². The Morgan fingerprint density at radius 1 is 1.12 bits per heavy atom. The number of alkyl halides is 2. The van der Waals surface area contributed by atoms with Gasteiger partial charge in [0.1, 0.15) is 5.75 Å². The van der Waals surface area contributed by atoms with Crippen LogP contribution in [0.1, 0.15) is 24.9 Å². The molecule has 2 amide bonds. The molecule has 1 atom stereocenters. The van der Waals surface area contributed by atoms with E-state index in [0.717, 1.165) is 0 Å². The molecule has 0 bridgehead atoms. The van der Waals surface area contributed by atoms with Gasteiger partial charge in [-0.3, -0.25) is 9.59 Å². The Bertz CT molecular complexity index is 769. The van der Waals surface area contributed by atoms with Crippen LogP contribution in [0.4, 0.5) is 14.5 Å². The molecule has 8 heteroatoms. The number of benzene rings is 2. The molecule has 0 aliphatic rings. The molecule has 0 saturated heterocycles. The summed E-state index contributed by atoms with van der Waals surface area (Å²) < 4.78 is 29.3. The number of amides is 2. The second-order valence-corrected chi connectivity index (χ2v) is 5.87. The van der Waals surface area contributed by atoms with Crippen LogP contribution in [-0.4, -0.2) is 18.4 Å². The lowest BCUT2D eigenvalue weighted by Gasteiger charge is -2.19. The Labute approximate surface area is 154 Å². The summed E-state index contributed by atoms with van der Waals surface area (Å²) in [5.41, 5.74) is 0.812. The first-order valence-electron chi connectivity index (χ1n) is 7.71. The summed E-state index contributed by atoms with van der Waals surface area (Å²) in [7, 11) is 0. The molecule has 0 aliphatic heterocycles. The smallest absolute Gasteiger partial charge is 0.387 e. The molecule has 0 spiro atoms. The van der Waals surface area contributed by atoms with Crippen LogP contribution in [0.2, 0.25) is 5.02 Å². The molecular weight excluding hydrogens is 366 g/mol. The highest BCUT2D eigenvalue weighted by Crippen LogP contribution is 2.27. The van der Waals surface area contributed by atoms with E-state index in [1.165, 1.54) is 25.1 Å². The van der Waals surface area contributed by atoms with E-state index in [1.54, 1.807) is 30.3 Å². The lowest BCUT2D eigenvalue weighted by molar-refractivity contribution is -0.120. The highest BCUT2D eigenvalue weighted by atomic mass is 35.5. The van der Waals surface area contributed by atoms with Crippen molar-refractivity contribution in [3.05, 3.63) is 59.1 Å². The molecule has 2 aromatic rings. The Kier molecular flexibility index (Phi) is 6.91. The minimum absolute atomic E-state index is 0.0930. The van der Waals surface area contributed by atoms with Gasteiger partial charge in [0.2, 0.25) is 11.8 Å². The van der Waals surface area contributed by atoms with Crippen molar-refractivity contribution >= 4 is 29.1 Å². The van der Waals surface area contributed by atoms with E-state index in [-0.39, 0.29) is 23.8 Å². The monoisotopic (exact) mass is 382 g/mol. The van der Waals surface area contributed by atoms with E-state index in [1.807, 2.05) is 0 Å². The average Bonchev–Trinajstić information content (AvgIpc) is 2.56. The average molecular weight is 383 g/mol. The Balaban J connectivity index is 2.12. The topological polar surface area (TPSA) is 67.4 Å². The van der Waals surface area contributed by atoms with E-state index < -0.39 is 18.6 Å². The van der Waals surface area contributed by atoms with Crippen molar-refractivity contribution in [2.24, 2.45) is 0 Å². The van der Waals surface area contributed by atoms with Crippen molar-refractivity contribution in [3.8, 4) is 5.75 Å². The van der Waals surface area contributed by atoms with E-state index >= 15 is 0 Å². The first-order valence-corrected chi connectivity index (χ1v) is 8.09. The van der Waals surface area contributed by atoms with Gasteiger partial charge in [0.15, 0.2) is 0 Å². The van der Waals surface area contributed by atoms with Crippen LogP contribution >= 0.6 is 11.6 Å². The highest BCUT2D eigenvalue weighted by molar-refractivity contribution is 6.30. The molecule has 2 rings (SSSR count). The maximum absolute atomic E-state index is 12.5. The maximum Gasteiger partial charge on any atom is 0.387 e. The highest BCUT2D eigenvalue weighted by Gasteiger charge is 2.19. The Hall–Kier alpha value is -2.67. The lowest BCUT2D eigenvalue weighted by atomic mass is 10.0. The quantitative estimate of drug-likeness (QED) is 0.756. The Morgan fingerprint density at radius 3 is 2.38 bits per heavy atom. The van der Waals surface area contributed by atoms with Gasteiger partial charge in [-0.25, -0.2) is 0 Å². The van der Waals surface area contributed by atoms with Crippen molar-refractivity contribution in [2.45, 2.75) is 26.0 Å². The number of ether oxygens (including phenoxy) is 1. The normalized spacial score (nSPS) is 11.7. The van der Waals surface area contributed by atoms with Crippen LogP contribution in [0.3, 0.4) is 0 Å². The largest absolute Gasteiger partial charge is 0.433 e. The standard InChI is InChI=1S/C18H17ClF2N2O3/c1-11(24)22-15(12-6-8-13(19)9-7-12)10-17(25)23-14-4-2-3-5-16(14)26-18(20)21/h2-9,15,18H,10H2,1H3,(H,22,24)(H,23,25). The molecule has 5 nitrogen and oxygen atoms in total. The number of hydrogen-bond donors (Lipinski definition) is 2. The minimum atomic E-state index is -3.01. The van der Waals surface area contributed by atoms with Gasteiger partial charge >= 0.3 is 6.61 Å². The number of carbonyl (C=O) groups is 2. The number of rotatable bonds is 7. The third-order valence-electron chi connectivity index (χ3n) is 3.42. The molecule has 138 valence electrons. The van der Waals surface area contributed by atoms with Crippen LogP contribution in [0, 0.1) is 0 Å². The summed E-state index contributed by atoms with van der Waals surface area (Å²) in [6, 6.07) is 12.0. The fourth-order valence-electron chi connectivity index (χ4n) is 2.35. The summed E-state index contributed by atoms with van der Waals surface area (Å²) in [5, 5.41) is 5.74. The SMILES string of the molecule is CC(=O)NC(CC(=O)Nc1ccccc1OC(F)F)c1ccc(Cl)cc1. The maximum atomic E-state index is 12.5. The fourth-order valence-corrected chi connectivity index (χ4v) is 2.47. The van der Waals surface area contributed by atoms with Gasteiger partial charge in [0, 0.05) is 11.9 Å². The number of hydrogen-bond acceptors (Lipinski definition) is 3. The first kappa shape index (κ1) is 19.7. The van der Waals surface area contributed by atoms with E-state index in [2.05, 4.69) is 15.4 Å². The van der Waals surface area contributed by atoms with Crippen LogP contribution in [0.25, 0.3) is 0 Å². The number of halogens is 3. The molecule has 2 N–H and O–H groups in total. The molecular formula is C18H17ClF2N2O3. The van der Waals surface area contributed by atoms with Gasteiger partial charge in [-0.15, -0.1) is 0 Å². The van der Waals surface area contributed by atoms with Crippen molar-refractivity contribution in [1.82, 2.24) is 5.32 Å². The molecule has 0 saturated carbocycles. The van der Waals surface area contributed by atoms with Crippen LogP contribution in [0.15, 0.2) is 48.5 Å². The second kappa shape index (κ2) is 9.15. The summed E-state index contributed by atoms with van der Waals surface area (Å²) in [6.45, 7) is -1.67. The predicted octanol–water partition coefficient (Wildman–Crippen LogP) is 4.15. The summed E-state index contributed by atoms with van der Waals surface area (Å²) in [4.78, 5) is 23.8. The van der Waals surface area contributed by atoms with Crippen molar-refractivity contribution in [2.75, 3.05) is 5.32 Å². The lowest BCUT2D eigenvalue weighted by Crippen LogP contribution is -2.29. The fraction of sp³-hybridized carbons (Fsp3) is 0.222. The summed E-state index contributed by atoms with van der Waals surface area (Å²) in [5.74, 6) is -0.915. The molecule has 26 heavy (non-hydrogen) atoms. The molecule has 0 aromatic heterocycles. The molecule has 0 aliphatic carbocycles. The first-order chi connectivity index (χ1) is 12.3. The zero-order valence-electron chi connectivity index (χ0n) is 13.8. The zero-order valence-corrected chi connectivity index (χ0v) is 14.6.